The first-order valence-electron chi connectivity index (χ1n) is 9.28. The Bertz CT molecular complexity index is 296. The molecule has 2 unspecified atom stereocenters. The summed E-state index contributed by atoms with van der Waals surface area (Å²) in [4.78, 5) is 2.91. The first-order valence-corrected chi connectivity index (χ1v) is 9.28. The van der Waals surface area contributed by atoms with Crippen LogP contribution in [-0.2, 0) is 0 Å². The van der Waals surface area contributed by atoms with E-state index in [9.17, 15) is 0 Å². The molecule has 2 saturated carbocycles. The fraction of sp³-hybridized carbons (Fsp3) is 1.00. The van der Waals surface area contributed by atoms with Gasteiger partial charge in [0.25, 0.3) is 0 Å². The van der Waals surface area contributed by atoms with E-state index in [4.69, 9.17) is 0 Å². The molecule has 3 aliphatic rings. The van der Waals surface area contributed by atoms with Gasteiger partial charge in [0.2, 0.25) is 0 Å². The molecule has 0 aromatic carbocycles. The Morgan fingerprint density at radius 3 is 2.60 bits per heavy atom. The fourth-order valence-corrected chi connectivity index (χ4v) is 5.21. The number of hydrogen-bond donors (Lipinski definition) is 1. The zero-order chi connectivity index (χ0) is 13.8. The van der Waals surface area contributed by atoms with Crippen LogP contribution >= 0.6 is 0 Å². The minimum absolute atomic E-state index is 0.598. The molecule has 0 radical (unpaired) electrons. The molecule has 3 fully saturated rings. The molecular formula is C18H34N2. The van der Waals surface area contributed by atoms with Crippen LogP contribution in [0.2, 0.25) is 0 Å². The summed E-state index contributed by atoms with van der Waals surface area (Å²) in [6, 6.07) is 0.948. The van der Waals surface area contributed by atoms with Crippen molar-refractivity contribution in [3.63, 3.8) is 0 Å². The van der Waals surface area contributed by atoms with Crippen molar-refractivity contribution in [2.75, 3.05) is 26.2 Å². The number of likely N-dealkylation sites (tertiary alicyclic amines) is 1. The molecule has 1 heterocycles. The SMILES string of the molecule is CCNCC1(CN2CCC3CCCCC32)CCCCC1. The highest BCUT2D eigenvalue weighted by atomic mass is 15.2. The van der Waals surface area contributed by atoms with E-state index < -0.39 is 0 Å². The van der Waals surface area contributed by atoms with Crippen LogP contribution in [0.5, 0.6) is 0 Å². The Kier molecular flexibility index (Phi) is 5.04. The molecule has 2 atom stereocenters. The lowest BCUT2D eigenvalue weighted by atomic mass is 9.73. The zero-order valence-electron chi connectivity index (χ0n) is 13.5. The standard InChI is InChI=1S/C18H34N2/c1-2-19-14-18(11-6-3-7-12-18)15-20-13-10-16-8-4-5-9-17(16)20/h16-17,19H,2-15H2,1H3. The second-order valence-corrected chi connectivity index (χ2v) is 7.71. The minimum atomic E-state index is 0.598. The summed E-state index contributed by atoms with van der Waals surface area (Å²) < 4.78 is 0. The summed E-state index contributed by atoms with van der Waals surface area (Å²) in [5.74, 6) is 1.04. The predicted octanol–water partition coefficient (Wildman–Crippen LogP) is 3.81. The maximum atomic E-state index is 3.68. The van der Waals surface area contributed by atoms with Crippen LogP contribution in [0.15, 0.2) is 0 Å². The first-order chi connectivity index (χ1) is 9.83. The number of hydrogen-bond acceptors (Lipinski definition) is 2. The Hall–Kier alpha value is -0.0800. The van der Waals surface area contributed by atoms with E-state index in [0.717, 1.165) is 18.5 Å². The molecule has 0 amide bonds. The second-order valence-electron chi connectivity index (χ2n) is 7.71. The van der Waals surface area contributed by atoms with Gasteiger partial charge in [0, 0.05) is 19.1 Å². The summed E-state index contributed by atoms with van der Waals surface area (Å²) in [6.45, 7) is 7.43. The molecule has 1 N–H and O–H groups in total. The smallest absolute Gasteiger partial charge is 0.0124 e. The van der Waals surface area contributed by atoms with Crippen LogP contribution in [0.3, 0.4) is 0 Å². The van der Waals surface area contributed by atoms with Crippen LogP contribution in [0.4, 0.5) is 0 Å². The van der Waals surface area contributed by atoms with Crippen molar-refractivity contribution in [3.05, 3.63) is 0 Å². The lowest BCUT2D eigenvalue weighted by Crippen LogP contribution is -2.47. The third-order valence-electron chi connectivity index (χ3n) is 6.33. The second kappa shape index (κ2) is 6.79. The first kappa shape index (κ1) is 14.8. The summed E-state index contributed by atoms with van der Waals surface area (Å²) in [6.07, 6.45) is 14.8. The molecule has 3 rings (SSSR count). The number of rotatable bonds is 5. The topological polar surface area (TPSA) is 15.3 Å². The largest absolute Gasteiger partial charge is 0.316 e. The average Bonchev–Trinajstić information content (AvgIpc) is 2.89. The van der Waals surface area contributed by atoms with E-state index in [-0.39, 0.29) is 0 Å². The number of nitrogens with zero attached hydrogens (tertiary/aromatic N) is 1. The van der Waals surface area contributed by atoms with Crippen molar-refractivity contribution < 1.29 is 0 Å². The van der Waals surface area contributed by atoms with E-state index in [0.29, 0.717) is 5.41 Å². The molecule has 116 valence electrons. The molecule has 0 bridgehead atoms. The van der Waals surface area contributed by atoms with Crippen molar-refractivity contribution in [3.8, 4) is 0 Å². The molecule has 0 aromatic rings. The van der Waals surface area contributed by atoms with E-state index in [1.165, 1.54) is 83.8 Å². The van der Waals surface area contributed by atoms with Crippen molar-refractivity contribution in [2.24, 2.45) is 11.3 Å². The van der Waals surface area contributed by atoms with Crippen LogP contribution in [0, 0.1) is 11.3 Å². The number of nitrogens with one attached hydrogen (secondary N) is 1. The van der Waals surface area contributed by atoms with Gasteiger partial charge in [-0.1, -0.05) is 39.0 Å². The van der Waals surface area contributed by atoms with E-state index >= 15 is 0 Å². The van der Waals surface area contributed by atoms with Gasteiger partial charge in [0.15, 0.2) is 0 Å². The minimum Gasteiger partial charge on any atom is -0.316 e. The van der Waals surface area contributed by atoms with Crippen LogP contribution in [-0.4, -0.2) is 37.1 Å². The highest BCUT2D eigenvalue weighted by Crippen LogP contribution is 2.42. The summed E-state index contributed by atoms with van der Waals surface area (Å²) in [5.41, 5.74) is 0.598. The Morgan fingerprint density at radius 1 is 1.00 bits per heavy atom. The maximum Gasteiger partial charge on any atom is 0.0124 e. The third-order valence-corrected chi connectivity index (χ3v) is 6.33. The van der Waals surface area contributed by atoms with Gasteiger partial charge in [-0.15, -0.1) is 0 Å². The lowest BCUT2D eigenvalue weighted by Gasteiger charge is -2.43. The normalized spacial score (nSPS) is 34.0. The average molecular weight is 278 g/mol. The fourth-order valence-electron chi connectivity index (χ4n) is 5.21. The number of fused-ring (bicyclic) bond motifs is 1. The van der Waals surface area contributed by atoms with Crippen LogP contribution < -0.4 is 5.32 Å². The summed E-state index contributed by atoms with van der Waals surface area (Å²) in [5, 5.41) is 3.68. The van der Waals surface area contributed by atoms with Crippen LogP contribution in [0.25, 0.3) is 0 Å². The Balaban J connectivity index is 1.63. The van der Waals surface area contributed by atoms with E-state index in [2.05, 4.69) is 17.1 Å². The van der Waals surface area contributed by atoms with Crippen molar-refractivity contribution in [2.45, 2.75) is 77.2 Å². The highest BCUT2D eigenvalue weighted by Gasteiger charge is 2.40. The lowest BCUT2D eigenvalue weighted by molar-refractivity contribution is 0.0781. The van der Waals surface area contributed by atoms with Crippen molar-refractivity contribution >= 4 is 0 Å². The molecular weight excluding hydrogens is 244 g/mol. The molecule has 2 nitrogen and oxygen atoms in total. The molecule has 0 aromatic heterocycles. The van der Waals surface area contributed by atoms with Crippen molar-refractivity contribution in [1.29, 1.82) is 0 Å². The van der Waals surface area contributed by atoms with Gasteiger partial charge in [0.05, 0.1) is 0 Å². The van der Waals surface area contributed by atoms with Crippen molar-refractivity contribution in [1.82, 2.24) is 10.2 Å². The van der Waals surface area contributed by atoms with E-state index in [1.807, 2.05) is 0 Å². The van der Waals surface area contributed by atoms with Gasteiger partial charge >= 0.3 is 0 Å². The molecule has 20 heavy (non-hydrogen) atoms. The quantitative estimate of drug-likeness (QED) is 0.822. The Labute approximate surface area is 125 Å². The predicted molar refractivity (Wildman–Crippen MR) is 86.0 cm³/mol. The van der Waals surface area contributed by atoms with Gasteiger partial charge in [-0.2, -0.15) is 0 Å². The van der Waals surface area contributed by atoms with E-state index in [1.54, 1.807) is 0 Å². The molecule has 2 heteroatoms. The summed E-state index contributed by atoms with van der Waals surface area (Å²) >= 11 is 0. The zero-order valence-corrected chi connectivity index (χ0v) is 13.5. The molecule has 1 saturated heterocycles. The molecule has 2 aliphatic carbocycles. The van der Waals surface area contributed by atoms with Gasteiger partial charge in [-0.25, -0.2) is 0 Å². The van der Waals surface area contributed by atoms with Gasteiger partial charge in [-0.3, -0.25) is 4.90 Å². The molecule has 0 spiro atoms. The van der Waals surface area contributed by atoms with Gasteiger partial charge in [-0.05, 0) is 56.5 Å². The Morgan fingerprint density at radius 2 is 1.80 bits per heavy atom. The van der Waals surface area contributed by atoms with Gasteiger partial charge < -0.3 is 5.32 Å². The maximum absolute atomic E-state index is 3.68. The van der Waals surface area contributed by atoms with Crippen LogP contribution in [0.1, 0.15) is 71.1 Å². The monoisotopic (exact) mass is 278 g/mol. The molecule has 1 aliphatic heterocycles. The summed E-state index contributed by atoms with van der Waals surface area (Å²) in [7, 11) is 0. The third kappa shape index (κ3) is 3.22. The highest BCUT2D eigenvalue weighted by molar-refractivity contribution is 4.95. The van der Waals surface area contributed by atoms with Gasteiger partial charge in [0.1, 0.15) is 0 Å².